The van der Waals surface area contributed by atoms with Crippen LogP contribution in [-0.2, 0) is 14.8 Å². The summed E-state index contributed by atoms with van der Waals surface area (Å²) in [4.78, 5) is 11.6. The third-order valence-corrected chi connectivity index (χ3v) is 4.29. The molecule has 5 nitrogen and oxygen atoms in total. The molecule has 0 aliphatic heterocycles. The van der Waals surface area contributed by atoms with E-state index in [1.54, 1.807) is 0 Å². The van der Waals surface area contributed by atoms with Gasteiger partial charge < -0.3 is 4.74 Å². The van der Waals surface area contributed by atoms with E-state index in [-0.39, 0.29) is 27.6 Å². The Kier molecular flexibility index (Phi) is 5.66. The lowest BCUT2D eigenvalue weighted by atomic mass is 9.93. The molecule has 118 valence electrons. The van der Waals surface area contributed by atoms with Crippen molar-refractivity contribution in [1.82, 2.24) is 0 Å². The molecule has 21 heavy (non-hydrogen) atoms. The molecule has 1 rings (SSSR count). The number of esters is 1. The van der Waals surface area contributed by atoms with Crippen LogP contribution in [0.15, 0.2) is 17.0 Å². The molecule has 0 heterocycles. The maximum atomic E-state index is 12.0. The Morgan fingerprint density at radius 2 is 1.86 bits per heavy atom. The highest BCUT2D eigenvalue weighted by Gasteiger charge is 2.22. The van der Waals surface area contributed by atoms with Crippen LogP contribution in [0.25, 0.3) is 0 Å². The van der Waals surface area contributed by atoms with Gasteiger partial charge in [0.05, 0.1) is 17.2 Å². The van der Waals surface area contributed by atoms with Crippen LogP contribution >= 0.6 is 23.2 Å². The average Bonchev–Trinajstić information content (AvgIpc) is 2.28. The van der Waals surface area contributed by atoms with Gasteiger partial charge in [-0.2, -0.15) is 0 Å². The lowest BCUT2D eigenvalue weighted by Crippen LogP contribution is -2.16. The normalized spacial score (nSPS) is 12.3. The van der Waals surface area contributed by atoms with Gasteiger partial charge in [-0.15, -0.1) is 0 Å². The van der Waals surface area contributed by atoms with Crippen molar-refractivity contribution in [3.8, 4) is 0 Å². The summed E-state index contributed by atoms with van der Waals surface area (Å²) in [7, 11) is -4.08. The van der Waals surface area contributed by atoms with Gasteiger partial charge >= 0.3 is 5.97 Å². The van der Waals surface area contributed by atoms with Crippen molar-refractivity contribution in [2.45, 2.75) is 32.1 Å². The number of sulfonamides is 1. The SMILES string of the molecule is CC(C)(C)CCOC(=O)c1cc(Cl)cc(S(N)(=O)=O)c1Cl. The van der Waals surface area contributed by atoms with Crippen LogP contribution in [-0.4, -0.2) is 21.0 Å². The van der Waals surface area contributed by atoms with Gasteiger partial charge in [0.25, 0.3) is 0 Å². The number of halogens is 2. The Bertz CT molecular complexity index is 651. The monoisotopic (exact) mass is 353 g/mol. The summed E-state index contributed by atoms with van der Waals surface area (Å²) in [5.41, 5.74) is -0.119. The Balaban J connectivity index is 3.03. The first-order valence-corrected chi connectivity index (χ1v) is 8.41. The second-order valence-corrected chi connectivity index (χ2v) is 8.10. The standard InChI is InChI=1S/C13H17Cl2NO4S/c1-13(2,3)4-5-20-12(17)9-6-8(14)7-10(11(9)15)21(16,18)19/h6-7H,4-5H2,1-3H3,(H2,16,18,19). The van der Waals surface area contributed by atoms with Crippen molar-refractivity contribution < 1.29 is 17.9 Å². The molecule has 1 aromatic carbocycles. The Morgan fingerprint density at radius 1 is 1.29 bits per heavy atom. The van der Waals surface area contributed by atoms with E-state index in [0.29, 0.717) is 6.42 Å². The molecule has 8 heteroatoms. The van der Waals surface area contributed by atoms with Crippen molar-refractivity contribution in [3.05, 3.63) is 27.7 Å². The number of hydrogen-bond donors (Lipinski definition) is 1. The third-order valence-electron chi connectivity index (χ3n) is 2.62. The number of carbonyl (C=O) groups is 1. The lowest BCUT2D eigenvalue weighted by molar-refractivity contribution is 0.0465. The van der Waals surface area contributed by atoms with E-state index in [1.165, 1.54) is 6.07 Å². The molecular weight excluding hydrogens is 337 g/mol. The molecule has 1 aromatic rings. The number of benzene rings is 1. The predicted octanol–water partition coefficient (Wildman–Crippen LogP) is 3.23. The summed E-state index contributed by atoms with van der Waals surface area (Å²) in [5, 5.41) is 4.77. The third kappa shape index (κ3) is 5.47. The molecule has 0 spiro atoms. The minimum absolute atomic E-state index is 0.00413. The van der Waals surface area contributed by atoms with Gasteiger partial charge in [0.15, 0.2) is 0 Å². The zero-order valence-corrected chi connectivity index (χ0v) is 14.3. The summed E-state index contributed by atoms with van der Waals surface area (Å²) < 4.78 is 27.9. The Morgan fingerprint density at radius 3 is 2.33 bits per heavy atom. The number of ether oxygens (including phenoxy) is 1. The van der Waals surface area contributed by atoms with Crippen molar-refractivity contribution in [1.29, 1.82) is 0 Å². The zero-order valence-electron chi connectivity index (χ0n) is 11.9. The highest BCUT2D eigenvalue weighted by atomic mass is 35.5. The predicted molar refractivity (Wildman–Crippen MR) is 82.2 cm³/mol. The van der Waals surface area contributed by atoms with Crippen LogP contribution in [0, 0.1) is 5.41 Å². The van der Waals surface area contributed by atoms with E-state index in [4.69, 9.17) is 33.1 Å². The second-order valence-electron chi connectivity index (χ2n) is 5.76. The van der Waals surface area contributed by atoms with Gasteiger partial charge in [-0.1, -0.05) is 44.0 Å². The van der Waals surface area contributed by atoms with Crippen LogP contribution in [0.1, 0.15) is 37.6 Å². The van der Waals surface area contributed by atoms with Crippen molar-refractivity contribution >= 4 is 39.2 Å². The smallest absolute Gasteiger partial charge is 0.339 e. The molecule has 0 saturated carbocycles. The van der Waals surface area contributed by atoms with Gasteiger partial charge in [0, 0.05) is 5.02 Å². The molecule has 0 aliphatic carbocycles. The summed E-state index contributed by atoms with van der Waals surface area (Å²) >= 11 is 11.7. The maximum Gasteiger partial charge on any atom is 0.339 e. The van der Waals surface area contributed by atoms with Crippen molar-refractivity contribution in [2.75, 3.05) is 6.61 Å². The van der Waals surface area contributed by atoms with Crippen molar-refractivity contribution in [3.63, 3.8) is 0 Å². The molecular formula is C13H17Cl2NO4S. The topological polar surface area (TPSA) is 86.5 Å². The molecule has 0 unspecified atom stereocenters. The first-order valence-electron chi connectivity index (χ1n) is 6.11. The molecule has 0 fully saturated rings. The van der Waals surface area contributed by atoms with Crippen LogP contribution in [0.3, 0.4) is 0 Å². The van der Waals surface area contributed by atoms with E-state index < -0.39 is 20.9 Å². The van der Waals surface area contributed by atoms with E-state index >= 15 is 0 Å². The number of primary sulfonamides is 1. The van der Waals surface area contributed by atoms with Gasteiger partial charge in [-0.25, -0.2) is 18.4 Å². The molecule has 0 aromatic heterocycles. The molecule has 0 radical (unpaired) electrons. The fourth-order valence-electron chi connectivity index (χ4n) is 1.45. The van der Waals surface area contributed by atoms with E-state index in [0.717, 1.165) is 6.07 Å². The Hall–Kier alpha value is -0.820. The van der Waals surface area contributed by atoms with Crippen LogP contribution in [0.4, 0.5) is 0 Å². The summed E-state index contributed by atoms with van der Waals surface area (Å²) in [6.45, 7) is 6.21. The van der Waals surface area contributed by atoms with Gasteiger partial charge in [-0.3, -0.25) is 0 Å². The van der Waals surface area contributed by atoms with Crippen molar-refractivity contribution in [2.24, 2.45) is 10.6 Å². The molecule has 0 saturated heterocycles. The molecule has 0 amide bonds. The highest BCUT2D eigenvalue weighted by Crippen LogP contribution is 2.29. The fourth-order valence-corrected chi connectivity index (χ4v) is 2.89. The second kappa shape index (κ2) is 6.52. The molecule has 0 bridgehead atoms. The average molecular weight is 354 g/mol. The minimum Gasteiger partial charge on any atom is -0.462 e. The fraction of sp³-hybridized carbons (Fsp3) is 0.462. The lowest BCUT2D eigenvalue weighted by Gasteiger charge is -2.17. The number of nitrogens with two attached hydrogens (primary N) is 1. The largest absolute Gasteiger partial charge is 0.462 e. The summed E-state index contributed by atoms with van der Waals surface area (Å²) in [6.07, 6.45) is 0.652. The zero-order chi connectivity index (χ0) is 16.4. The Labute approximate surface area is 134 Å². The first kappa shape index (κ1) is 18.2. The van der Waals surface area contributed by atoms with E-state index in [2.05, 4.69) is 0 Å². The van der Waals surface area contributed by atoms with Gasteiger partial charge in [0.2, 0.25) is 10.0 Å². The molecule has 0 aliphatic rings. The quantitative estimate of drug-likeness (QED) is 0.841. The van der Waals surface area contributed by atoms with E-state index in [1.807, 2.05) is 20.8 Å². The van der Waals surface area contributed by atoms with Crippen LogP contribution in [0.2, 0.25) is 10.0 Å². The summed E-state index contributed by atoms with van der Waals surface area (Å²) in [5.74, 6) is -0.739. The highest BCUT2D eigenvalue weighted by molar-refractivity contribution is 7.89. The summed E-state index contributed by atoms with van der Waals surface area (Å²) in [6, 6.07) is 2.34. The van der Waals surface area contributed by atoms with E-state index in [9.17, 15) is 13.2 Å². The number of rotatable bonds is 4. The molecule has 0 atom stereocenters. The number of carbonyl (C=O) groups excluding carboxylic acids is 1. The number of hydrogen-bond acceptors (Lipinski definition) is 4. The van der Waals surface area contributed by atoms with Gasteiger partial charge in [-0.05, 0) is 24.0 Å². The maximum absolute atomic E-state index is 12.0. The molecule has 2 N–H and O–H groups in total. The van der Waals surface area contributed by atoms with Gasteiger partial charge in [0.1, 0.15) is 4.90 Å². The first-order chi connectivity index (χ1) is 9.42. The van der Waals surface area contributed by atoms with Crippen LogP contribution < -0.4 is 5.14 Å². The van der Waals surface area contributed by atoms with Crippen LogP contribution in [0.5, 0.6) is 0 Å². The minimum atomic E-state index is -4.08.